The van der Waals surface area contributed by atoms with Crippen LogP contribution in [-0.4, -0.2) is 23.3 Å². The Morgan fingerprint density at radius 3 is 2.65 bits per heavy atom. The molecule has 0 saturated carbocycles. The van der Waals surface area contributed by atoms with Gasteiger partial charge in [0.2, 0.25) is 11.8 Å². The van der Waals surface area contributed by atoms with Crippen LogP contribution in [0, 0.1) is 0 Å². The molecule has 0 bridgehead atoms. The number of rotatable bonds is 4. The van der Waals surface area contributed by atoms with Crippen molar-refractivity contribution < 1.29 is 9.15 Å². The van der Waals surface area contributed by atoms with Gasteiger partial charge in [-0.05, 0) is 32.4 Å². The average Bonchev–Trinajstić information content (AvgIpc) is 3.10. The highest BCUT2D eigenvalue weighted by Crippen LogP contribution is 2.32. The van der Waals surface area contributed by atoms with E-state index in [1.54, 1.807) is 0 Å². The lowest BCUT2D eigenvalue weighted by atomic mass is 10.1. The van der Waals surface area contributed by atoms with Crippen molar-refractivity contribution in [1.29, 1.82) is 0 Å². The molecule has 2 aromatic rings. The Bertz CT molecular complexity index is 555. The van der Waals surface area contributed by atoms with E-state index in [9.17, 15) is 0 Å². The summed E-state index contributed by atoms with van der Waals surface area (Å²) in [6, 6.07) is 9.98. The third kappa shape index (κ3) is 2.59. The molecule has 3 rings (SSSR count). The number of nitrogens with one attached hydrogen (secondary N) is 1. The molecule has 1 aromatic carbocycles. The average molecular weight is 273 g/mol. The van der Waals surface area contributed by atoms with Gasteiger partial charge >= 0.3 is 0 Å². The summed E-state index contributed by atoms with van der Waals surface area (Å²) < 4.78 is 11.6. The molecule has 0 aliphatic carbocycles. The van der Waals surface area contributed by atoms with E-state index in [1.165, 1.54) is 0 Å². The van der Waals surface area contributed by atoms with E-state index in [0.29, 0.717) is 11.8 Å². The Balaban J connectivity index is 1.81. The van der Waals surface area contributed by atoms with E-state index in [1.807, 2.05) is 37.4 Å². The summed E-state index contributed by atoms with van der Waals surface area (Å²) in [7, 11) is 1.88. The number of nitrogens with zero attached hydrogens (tertiary/aromatic N) is 2. The van der Waals surface area contributed by atoms with Crippen LogP contribution < -0.4 is 5.32 Å². The lowest BCUT2D eigenvalue weighted by molar-refractivity contribution is 0.0382. The minimum absolute atomic E-state index is 0.0560. The lowest BCUT2D eigenvalue weighted by Crippen LogP contribution is -2.17. The molecule has 1 aliphatic rings. The van der Waals surface area contributed by atoms with E-state index >= 15 is 0 Å². The molecule has 1 fully saturated rings. The first kappa shape index (κ1) is 13.3. The lowest BCUT2D eigenvalue weighted by Gasteiger charge is -2.12. The maximum absolute atomic E-state index is 5.81. The van der Waals surface area contributed by atoms with Crippen molar-refractivity contribution in [1.82, 2.24) is 15.5 Å². The van der Waals surface area contributed by atoms with Crippen molar-refractivity contribution in [2.75, 3.05) is 7.05 Å². The highest BCUT2D eigenvalue weighted by Gasteiger charge is 2.29. The molecule has 5 heteroatoms. The second-order valence-corrected chi connectivity index (χ2v) is 5.12. The van der Waals surface area contributed by atoms with Crippen molar-refractivity contribution in [3.63, 3.8) is 0 Å². The summed E-state index contributed by atoms with van der Waals surface area (Å²) in [5, 5.41) is 11.5. The Kier molecular flexibility index (Phi) is 3.80. The number of hydrogen-bond acceptors (Lipinski definition) is 5. The smallest absolute Gasteiger partial charge is 0.245 e. The molecule has 0 radical (unpaired) electrons. The molecule has 0 amide bonds. The van der Waals surface area contributed by atoms with Crippen LogP contribution >= 0.6 is 0 Å². The molecule has 2 heterocycles. The van der Waals surface area contributed by atoms with Crippen LogP contribution in [0.3, 0.4) is 0 Å². The fourth-order valence-electron chi connectivity index (χ4n) is 2.56. The molecule has 1 aliphatic heterocycles. The Morgan fingerprint density at radius 1 is 1.20 bits per heavy atom. The normalized spacial score (nSPS) is 23.9. The van der Waals surface area contributed by atoms with Gasteiger partial charge in [-0.15, -0.1) is 10.2 Å². The topological polar surface area (TPSA) is 60.2 Å². The molecule has 5 nitrogen and oxygen atoms in total. The largest absolute Gasteiger partial charge is 0.420 e. The van der Waals surface area contributed by atoms with Crippen LogP contribution in [0.25, 0.3) is 0 Å². The molecule has 1 aromatic heterocycles. The van der Waals surface area contributed by atoms with Crippen molar-refractivity contribution in [3.05, 3.63) is 47.7 Å². The number of benzene rings is 1. The number of ether oxygens (including phenoxy) is 1. The minimum Gasteiger partial charge on any atom is -0.420 e. The standard InChI is InChI=1S/C15H19N3O2/c1-10-8-9-12(19-10)14-17-18-15(20-14)13(16-2)11-6-4-3-5-7-11/h3-7,10,12-13,16H,8-9H2,1-2H3. The molecule has 20 heavy (non-hydrogen) atoms. The Labute approximate surface area is 118 Å². The molecule has 0 spiro atoms. The third-order valence-electron chi connectivity index (χ3n) is 3.63. The summed E-state index contributed by atoms with van der Waals surface area (Å²) in [6.07, 6.45) is 2.19. The van der Waals surface area contributed by atoms with Crippen LogP contribution in [0.15, 0.2) is 34.7 Å². The van der Waals surface area contributed by atoms with Crippen LogP contribution in [-0.2, 0) is 4.74 Å². The van der Waals surface area contributed by atoms with Gasteiger partial charge in [-0.1, -0.05) is 30.3 Å². The van der Waals surface area contributed by atoms with E-state index in [-0.39, 0.29) is 18.2 Å². The van der Waals surface area contributed by atoms with Gasteiger partial charge in [0.15, 0.2) is 0 Å². The van der Waals surface area contributed by atoms with Crippen molar-refractivity contribution in [2.45, 2.75) is 38.0 Å². The molecule has 1 saturated heterocycles. The molecule has 3 atom stereocenters. The van der Waals surface area contributed by atoms with Gasteiger partial charge in [-0.3, -0.25) is 0 Å². The molecule has 106 valence electrons. The number of hydrogen-bond donors (Lipinski definition) is 1. The summed E-state index contributed by atoms with van der Waals surface area (Å²) in [5.41, 5.74) is 1.10. The highest BCUT2D eigenvalue weighted by atomic mass is 16.5. The van der Waals surface area contributed by atoms with Crippen LogP contribution in [0.2, 0.25) is 0 Å². The van der Waals surface area contributed by atoms with Crippen LogP contribution in [0.1, 0.15) is 49.3 Å². The van der Waals surface area contributed by atoms with Gasteiger partial charge in [0, 0.05) is 0 Å². The van der Waals surface area contributed by atoms with Gasteiger partial charge in [-0.25, -0.2) is 0 Å². The fraction of sp³-hybridized carbons (Fsp3) is 0.467. The summed E-state index contributed by atoms with van der Waals surface area (Å²) in [6.45, 7) is 2.07. The highest BCUT2D eigenvalue weighted by molar-refractivity contribution is 5.23. The third-order valence-corrected chi connectivity index (χ3v) is 3.63. The zero-order chi connectivity index (χ0) is 13.9. The maximum Gasteiger partial charge on any atom is 0.245 e. The van der Waals surface area contributed by atoms with Gasteiger partial charge in [0.25, 0.3) is 0 Å². The first-order valence-corrected chi connectivity index (χ1v) is 6.99. The van der Waals surface area contributed by atoms with E-state index < -0.39 is 0 Å². The van der Waals surface area contributed by atoms with Gasteiger partial charge in [0.05, 0.1) is 6.10 Å². The summed E-state index contributed by atoms with van der Waals surface area (Å²) in [4.78, 5) is 0. The van der Waals surface area contributed by atoms with Crippen LogP contribution in [0.5, 0.6) is 0 Å². The van der Waals surface area contributed by atoms with Gasteiger partial charge < -0.3 is 14.5 Å². The van der Waals surface area contributed by atoms with Gasteiger partial charge in [-0.2, -0.15) is 0 Å². The predicted molar refractivity (Wildman–Crippen MR) is 74.2 cm³/mol. The van der Waals surface area contributed by atoms with Crippen molar-refractivity contribution in [3.8, 4) is 0 Å². The first-order chi connectivity index (χ1) is 9.78. The second kappa shape index (κ2) is 5.73. The number of aromatic nitrogens is 2. The molecular weight excluding hydrogens is 254 g/mol. The fourth-order valence-corrected chi connectivity index (χ4v) is 2.56. The minimum atomic E-state index is -0.0868. The maximum atomic E-state index is 5.81. The summed E-state index contributed by atoms with van der Waals surface area (Å²) >= 11 is 0. The predicted octanol–water partition coefficient (Wildman–Crippen LogP) is 2.62. The molecule has 3 unspecified atom stereocenters. The first-order valence-electron chi connectivity index (χ1n) is 6.99. The second-order valence-electron chi connectivity index (χ2n) is 5.12. The van der Waals surface area contributed by atoms with Gasteiger partial charge in [0.1, 0.15) is 12.1 Å². The SMILES string of the molecule is CNC(c1ccccc1)c1nnc(C2CCC(C)O2)o1. The molecular formula is C15H19N3O2. The van der Waals surface area contributed by atoms with Crippen molar-refractivity contribution >= 4 is 0 Å². The van der Waals surface area contributed by atoms with E-state index in [2.05, 4.69) is 22.4 Å². The van der Waals surface area contributed by atoms with Crippen molar-refractivity contribution in [2.24, 2.45) is 0 Å². The summed E-state index contributed by atoms with van der Waals surface area (Å²) in [5.74, 6) is 1.16. The van der Waals surface area contributed by atoms with E-state index in [0.717, 1.165) is 18.4 Å². The zero-order valence-corrected chi connectivity index (χ0v) is 11.7. The Hall–Kier alpha value is -1.72. The quantitative estimate of drug-likeness (QED) is 0.928. The Morgan fingerprint density at radius 2 is 2.00 bits per heavy atom. The van der Waals surface area contributed by atoms with E-state index in [4.69, 9.17) is 9.15 Å². The monoisotopic (exact) mass is 273 g/mol. The van der Waals surface area contributed by atoms with Crippen LogP contribution in [0.4, 0.5) is 0 Å². The zero-order valence-electron chi connectivity index (χ0n) is 11.7. The molecule has 1 N–H and O–H groups in total.